The second-order valence-corrected chi connectivity index (χ2v) is 6.31. The maximum atomic E-state index is 13.3. The van der Waals surface area contributed by atoms with Gasteiger partial charge in [-0.1, -0.05) is 12.1 Å². The summed E-state index contributed by atoms with van der Waals surface area (Å²) < 4.78 is 18.9. The zero-order valence-electron chi connectivity index (χ0n) is 13.8. The highest BCUT2D eigenvalue weighted by molar-refractivity contribution is 5.53. The Morgan fingerprint density at radius 2 is 2.04 bits per heavy atom. The van der Waals surface area contributed by atoms with Gasteiger partial charge in [-0.15, -0.1) is 10.2 Å². The van der Waals surface area contributed by atoms with Crippen LogP contribution in [0, 0.1) is 5.82 Å². The van der Waals surface area contributed by atoms with Gasteiger partial charge < -0.3 is 9.84 Å². The number of benzene rings is 1. The van der Waals surface area contributed by atoms with Crippen LogP contribution in [0.4, 0.5) is 4.39 Å². The van der Waals surface area contributed by atoms with Gasteiger partial charge in [-0.2, -0.15) is 4.80 Å². The van der Waals surface area contributed by atoms with Crippen LogP contribution in [-0.2, 0) is 11.3 Å². The number of aromatic nitrogens is 4. The van der Waals surface area contributed by atoms with Crippen LogP contribution in [0.5, 0.6) is 0 Å². The van der Waals surface area contributed by atoms with E-state index in [9.17, 15) is 9.50 Å². The first-order chi connectivity index (χ1) is 11.5. The second kappa shape index (κ2) is 7.33. The zero-order valence-corrected chi connectivity index (χ0v) is 13.8. The number of hydrogen-bond acceptors (Lipinski definition) is 6. The quantitative estimate of drug-likeness (QED) is 0.877. The number of aliphatic hydroxyl groups excluding tert-OH is 1. The molecule has 1 aromatic carbocycles. The van der Waals surface area contributed by atoms with E-state index in [2.05, 4.69) is 20.3 Å². The highest BCUT2D eigenvalue weighted by Gasteiger charge is 2.24. The first-order valence-electron chi connectivity index (χ1n) is 8.09. The normalized spacial score (nSPS) is 23.3. The lowest BCUT2D eigenvalue weighted by Crippen LogP contribution is -2.48. The Kier molecular flexibility index (Phi) is 5.17. The van der Waals surface area contributed by atoms with E-state index in [1.165, 1.54) is 16.9 Å². The Morgan fingerprint density at radius 3 is 2.75 bits per heavy atom. The van der Waals surface area contributed by atoms with Crippen LogP contribution in [0.15, 0.2) is 24.3 Å². The summed E-state index contributed by atoms with van der Waals surface area (Å²) >= 11 is 0. The van der Waals surface area contributed by atoms with E-state index in [4.69, 9.17) is 4.74 Å². The topological polar surface area (TPSA) is 76.3 Å². The van der Waals surface area contributed by atoms with Gasteiger partial charge in [0.1, 0.15) is 5.82 Å². The molecule has 1 fully saturated rings. The predicted molar refractivity (Wildman–Crippen MR) is 85.7 cm³/mol. The molecule has 0 saturated carbocycles. The van der Waals surface area contributed by atoms with Crippen LogP contribution >= 0.6 is 0 Å². The third kappa shape index (κ3) is 4.34. The minimum Gasteiger partial charge on any atom is -0.390 e. The molecular formula is C16H22FN5O2. The SMILES string of the molecule is C[C@@H]1CN(C[C@H](O)Cn2nnc(-c3cccc(F)c3)n2)C[C@H](C)O1. The molecule has 2 aromatic rings. The number of nitrogens with zero attached hydrogens (tertiary/aromatic N) is 5. The standard InChI is InChI=1S/C16H22FN5O2/c1-11-7-21(8-12(2)24-11)9-15(23)10-22-19-16(18-20-22)13-4-3-5-14(17)6-13/h3-6,11-12,15,23H,7-10H2,1-2H3/t11-,12+,15-/m0/s1. The minimum absolute atomic E-state index is 0.157. The van der Waals surface area contributed by atoms with E-state index in [0.29, 0.717) is 17.9 Å². The summed E-state index contributed by atoms with van der Waals surface area (Å²) in [6, 6.07) is 6.04. The van der Waals surface area contributed by atoms with Gasteiger partial charge >= 0.3 is 0 Å². The lowest BCUT2D eigenvalue weighted by molar-refractivity contribution is -0.0776. The highest BCUT2D eigenvalue weighted by Crippen LogP contribution is 2.15. The monoisotopic (exact) mass is 335 g/mol. The molecule has 3 atom stereocenters. The van der Waals surface area contributed by atoms with E-state index < -0.39 is 6.10 Å². The number of tetrazole rings is 1. The van der Waals surface area contributed by atoms with Crippen LogP contribution in [0.1, 0.15) is 13.8 Å². The van der Waals surface area contributed by atoms with E-state index in [1.54, 1.807) is 12.1 Å². The van der Waals surface area contributed by atoms with Crippen LogP contribution in [0.3, 0.4) is 0 Å². The van der Waals surface area contributed by atoms with Gasteiger partial charge in [-0.25, -0.2) is 4.39 Å². The molecule has 24 heavy (non-hydrogen) atoms. The van der Waals surface area contributed by atoms with Gasteiger partial charge in [0.2, 0.25) is 5.82 Å². The third-order valence-corrected chi connectivity index (χ3v) is 3.87. The van der Waals surface area contributed by atoms with Crippen LogP contribution in [-0.4, -0.2) is 68.2 Å². The molecule has 3 rings (SSSR count). The molecular weight excluding hydrogens is 313 g/mol. The number of morpholine rings is 1. The van der Waals surface area contributed by atoms with Crippen molar-refractivity contribution in [3.63, 3.8) is 0 Å². The van der Waals surface area contributed by atoms with E-state index in [-0.39, 0.29) is 24.6 Å². The Balaban J connectivity index is 1.58. The molecule has 1 aliphatic rings. The Morgan fingerprint density at radius 1 is 1.29 bits per heavy atom. The smallest absolute Gasteiger partial charge is 0.205 e. The van der Waals surface area contributed by atoms with E-state index >= 15 is 0 Å². The van der Waals surface area contributed by atoms with Crippen molar-refractivity contribution in [3.05, 3.63) is 30.1 Å². The molecule has 0 radical (unpaired) electrons. The highest BCUT2D eigenvalue weighted by atomic mass is 19.1. The van der Waals surface area contributed by atoms with Gasteiger partial charge in [0, 0.05) is 25.2 Å². The minimum atomic E-state index is -0.614. The molecule has 0 aliphatic carbocycles. The summed E-state index contributed by atoms with van der Waals surface area (Å²) in [4.78, 5) is 3.52. The summed E-state index contributed by atoms with van der Waals surface area (Å²) in [5.74, 6) is -0.00485. The number of ether oxygens (including phenoxy) is 1. The number of aliphatic hydroxyl groups is 1. The largest absolute Gasteiger partial charge is 0.390 e. The summed E-state index contributed by atoms with van der Waals surface area (Å²) in [5.41, 5.74) is 0.562. The Hall–Kier alpha value is -1.90. The zero-order chi connectivity index (χ0) is 17.1. The van der Waals surface area contributed by atoms with Crippen molar-refractivity contribution in [1.29, 1.82) is 0 Å². The van der Waals surface area contributed by atoms with Gasteiger partial charge in [0.05, 0.1) is 24.9 Å². The van der Waals surface area contributed by atoms with Crippen molar-refractivity contribution < 1.29 is 14.2 Å². The van der Waals surface area contributed by atoms with E-state index in [0.717, 1.165) is 13.1 Å². The fraction of sp³-hybridized carbons (Fsp3) is 0.562. The number of rotatable bonds is 5. The lowest BCUT2D eigenvalue weighted by atomic mass is 10.2. The first-order valence-corrected chi connectivity index (χ1v) is 8.09. The first kappa shape index (κ1) is 16.9. The molecule has 0 spiro atoms. The van der Waals surface area contributed by atoms with Crippen LogP contribution in [0.2, 0.25) is 0 Å². The molecule has 1 saturated heterocycles. The fourth-order valence-corrected chi connectivity index (χ4v) is 3.04. The summed E-state index contributed by atoms with van der Waals surface area (Å²) in [6.07, 6.45) is -0.299. The average Bonchev–Trinajstić information content (AvgIpc) is 2.94. The summed E-state index contributed by atoms with van der Waals surface area (Å²) in [7, 11) is 0. The third-order valence-electron chi connectivity index (χ3n) is 3.87. The van der Waals surface area contributed by atoms with Crippen molar-refractivity contribution in [3.8, 4) is 11.4 Å². The maximum Gasteiger partial charge on any atom is 0.205 e. The van der Waals surface area contributed by atoms with Crippen molar-refractivity contribution >= 4 is 0 Å². The van der Waals surface area contributed by atoms with Crippen molar-refractivity contribution in [1.82, 2.24) is 25.1 Å². The molecule has 8 heteroatoms. The summed E-state index contributed by atoms with van der Waals surface area (Å²) in [6.45, 7) is 6.40. The molecule has 1 aliphatic heterocycles. The lowest BCUT2D eigenvalue weighted by Gasteiger charge is -2.36. The van der Waals surface area contributed by atoms with Crippen LogP contribution < -0.4 is 0 Å². The maximum absolute atomic E-state index is 13.3. The van der Waals surface area contributed by atoms with Crippen molar-refractivity contribution in [2.45, 2.75) is 38.7 Å². The second-order valence-electron chi connectivity index (χ2n) is 6.31. The molecule has 1 aromatic heterocycles. The fourth-order valence-electron chi connectivity index (χ4n) is 3.04. The number of β-amino-alcohol motifs (C(OH)–C–C–N with tert-alkyl or cyclic N) is 1. The molecule has 0 amide bonds. The van der Waals surface area contributed by atoms with Gasteiger partial charge in [0.25, 0.3) is 0 Å². The van der Waals surface area contributed by atoms with Gasteiger partial charge in [0.15, 0.2) is 0 Å². The van der Waals surface area contributed by atoms with Gasteiger partial charge in [-0.3, -0.25) is 4.90 Å². The Bertz CT molecular complexity index is 670. The molecule has 0 bridgehead atoms. The molecule has 0 unspecified atom stereocenters. The van der Waals surface area contributed by atoms with Crippen molar-refractivity contribution in [2.24, 2.45) is 0 Å². The summed E-state index contributed by atoms with van der Waals surface area (Å²) in [5, 5.41) is 22.3. The van der Waals surface area contributed by atoms with E-state index in [1.807, 2.05) is 13.8 Å². The van der Waals surface area contributed by atoms with Gasteiger partial charge in [-0.05, 0) is 31.2 Å². The number of halogens is 1. The van der Waals surface area contributed by atoms with Crippen LogP contribution in [0.25, 0.3) is 11.4 Å². The van der Waals surface area contributed by atoms with Crippen molar-refractivity contribution in [2.75, 3.05) is 19.6 Å². The molecule has 2 heterocycles. The molecule has 1 N–H and O–H groups in total. The Labute approximate surface area is 140 Å². The number of hydrogen-bond donors (Lipinski definition) is 1. The molecule has 7 nitrogen and oxygen atoms in total. The predicted octanol–water partition coefficient (Wildman–Crippen LogP) is 0.949. The molecule has 130 valence electrons. The average molecular weight is 335 g/mol.